The van der Waals surface area contributed by atoms with Crippen LogP contribution in [0.3, 0.4) is 0 Å². The summed E-state index contributed by atoms with van der Waals surface area (Å²) in [6, 6.07) is 0. The van der Waals surface area contributed by atoms with Crippen LogP contribution >= 0.6 is 10.7 Å². The molecule has 0 aliphatic carbocycles. The fourth-order valence-electron chi connectivity index (χ4n) is 1.40. The van der Waals surface area contributed by atoms with Crippen molar-refractivity contribution in [2.75, 3.05) is 4.72 Å². The smallest absolute Gasteiger partial charge is 0.441 e. The van der Waals surface area contributed by atoms with Gasteiger partial charge in [0.2, 0.25) is 0 Å². The van der Waals surface area contributed by atoms with Crippen molar-refractivity contribution in [1.82, 2.24) is 4.98 Å². The molecular weight excluding hydrogens is 292 g/mol. The van der Waals surface area contributed by atoms with E-state index < -0.39 is 32.5 Å². The molecule has 1 aromatic rings. The highest BCUT2D eigenvalue weighted by Crippen LogP contribution is 2.33. The Balaban J connectivity index is 3.13. The van der Waals surface area contributed by atoms with Gasteiger partial charge in [-0.1, -0.05) is 0 Å². The molecule has 0 bridgehead atoms. The monoisotopic (exact) mass is 309 g/mol. The molecule has 19 heavy (non-hydrogen) atoms. The third kappa shape index (κ3) is 4.15. The van der Waals surface area contributed by atoms with E-state index in [1.54, 1.807) is 27.7 Å². The summed E-state index contributed by atoms with van der Waals surface area (Å²) in [5.41, 5.74) is -0.533. The lowest BCUT2D eigenvalue weighted by atomic mass is 10.2. The summed E-state index contributed by atoms with van der Waals surface area (Å²) in [6.45, 7) is 8.10. The summed E-state index contributed by atoms with van der Waals surface area (Å²) in [7, 11) is -5.72. The lowest BCUT2D eigenvalue weighted by molar-refractivity contribution is 0.0643. The average Bonchev–Trinajstić information content (AvgIpc) is 2.36. The summed E-state index contributed by atoms with van der Waals surface area (Å²) in [6.07, 6.45) is -0.763. The number of carbonyl (C=O) groups excluding carboxylic acids is 1. The van der Waals surface area contributed by atoms with Crippen LogP contribution in [0.2, 0.25) is 0 Å². The number of aryl methyl sites for hydroxylation is 2. The van der Waals surface area contributed by atoms with Crippen molar-refractivity contribution < 1.29 is 22.5 Å². The summed E-state index contributed by atoms with van der Waals surface area (Å²) < 4.78 is 39.0. The Morgan fingerprint density at radius 1 is 1.37 bits per heavy atom. The van der Waals surface area contributed by atoms with Gasteiger partial charge >= 0.3 is 20.4 Å². The quantitative estimate of drug-likeness (QED) is 0.640. The molecule has 7 nitrogen and oxygen atoms in total. The van der Waals surface area contributed by atoms with Crippen LogP contribution in [0.4, 0.5) is 4.79 Å². The second-order valence-corrected chi connectivity index (χ2v) is 8.32. The van der Waals surface area contributed by atoms with Crippen molar-refractivity contribution in [1.29, 1.82) is 0 Å². The summed E-state index contributed by atoms with van der Waals surface area (Å²) >= 11 is 0. The normalized spacial score (nSPS) is 13.3. The molecule has 0 aliphatic rings. The zero-order chi connectivity index (χ0) is 15.0. The minimum Gasteiger partial charge on any atom is -0.441 e. The molecule has 0 fully saturated rings. The third-order valence-electron chi connectivity index (χ3n) is 1.92. The molecule has 9 heteroatoms. The topological polar surface area (TPSA) is 106 Å². The fourth-order valence-corrected chi connectivity index (χ4v) is 4.44. The van der Waals surface area contributed by atoms with Gasteiger partial charge in [-0.3, -0.25) is 4.55 Å². The Hall–Kier alpha value is -1.19. The fraction of sp³-hybridized carbons (Fsp3) is 0.600. The van der Waals surface area contributed by atoms with Crippen LogP contribution in [0.25, 0.3) is 0 Å². The molecule has 1 atom stereocenters. The van der Waals surface area contributed by atoms with E-state index in [1.807, 2.05) is 0 Å². The van der Waals surface area contributed by atoms with E-state index in [4.69, 9.17) is 4.74 Å². The van der Waals surface area contributed by atoms with Crippen molar-refractivity contribution in [3.63, 3.8) is 0 Å². The van der Waals surface area contributed by atoms with Crippen LogP contribution in [0.15, 0.2) is 4.21 Å². The second kappa shape index (κ2) is 5.06. The van der Waals surface area contributed by atoms with Gasteiger partial charge < -0.3 is 4.74 Å². The molecule has 0 aliphatic heterocycles. The predicted molar refractivity (Wildman–Crippen MR) is 71.6 cm³/mol. The number of rotatable bonds is 2. The van der Waals surface area contributed by atoms with Crippen molar-refractivity contribution in [3.8, 4) is 0 Å². The van der Waals surface area contributed by atoms with Crippen LogP contribution in [-0.2, 0) is 14.9 Å². The standard InChI is InChI=1S/C10H16N2O5S2/c1-6-8(19(14,15)16)18(7(2)11-6)12-9(13)17-10(3,4)5/h1-5H3,(H-,12,13,14,15,16)/p+1. The molecule has 1 amide bonds. The lowest BCUT2D eigenvalue weighted by Gasteiger charge is -2.17. The maximum Gasteiger partial charge on any atom is 0.453 e. The van der Waals surface area contributed by atoms with Gasteiger partial charge in [0.1, 0.15) is 22.0 Å². The molecule has 0 radical (unpaired) electrons. The van der Waals surface area contributed by atoms with E-state index in [9.17, 15) is 17.8 Å². The molecular formula is C10H17N2O5S2+. The minimum absolute atomic E-state index is 0.166. The molecule has 1 heterocycles. The number of nitrogens with one attached hydrogen (secondary N) is 1. The van der Waals surface area contributed by atoms with Crippen LogP contribution in [0, 0.1) is 13.8 Å². The average molecular weight is 309 g/mol. The van der Waals surface area contributed by atoms with Crippen LogP contribution < -0.4 is 4.72 Å². The first-order chi connectivity index (χ1) is 8.42. The van der Waals surface area contributed by atoms with E-state index in [0.29, 0.717) is 5.01 Å². The van der Waals surface area contributed by atoms with Gasteiger partial charge in [-0.05, 0) is 27.7 Å². The van der Waals surface area contributed by atoms with Crippen molar-refractivity contribution in [2.24, 2.45) is 0 Å². The highest BCUT2D eigenvalue weighted by molar-refractivity contribution is 7.89. The third-order valence-corrected chi connectivity index (χ3v) is 5.53. The number of ether oxygens (including phenoxy) is 1. The molecule has 0 spiro atoms. The van der Waals surface area contributed by atoms with Gasteiger partial charge in [0, 0.05) is 6.92 Å². The van der Waals surface area contributed by atoms with Crippen LogP contribution in [-0.4, -0.2) is 29.6 Å². The highest BCUT2D eigenvalue weighted by atomic mass is 32.3. The summed E-state index contributed by atoms with van der Waals surface area (Å²) in [5, 5.41) is 0.399. The molecule has 2 N–H and O–H groups in total. The van der Waals surface area contributed by atoms with Crippen LogP contribution in [0.5, 0.6) is 0 Å². The van der Waals surface area contributed by atoms with Gasteiger partial charge in [0.05, 0.1) is 0 Å². The maximum atomic E-state index is 11.7. The first kappa shape index (κ1) is 15.9. The predicted octanol–water partition coefficient (Wildman–Crippen LogP) is 2.17. The number of amides is 1. The Bertz CT molecular complexity index is 598. The van der Waals surface area contributed by atoms with E-state index >= 15 is 0 Å². The van der Waals surface area contributed by atoms with Gasteiger partial charge in [-0.15, -0.1) is 4.72 Å². The maximum absolute atomic E-state index is 11.7. The Kier molecular flexibility index (Phi) is 4.23. The van der Waals surface area contributed by atoms with Crippen LogP contribution in [0.1, 0.15) is 31.5 Å². The van der Waals surface area contributed by atoms with E-state index in [0.717, 1.165) is 0 Å². The largest absolute Gasteiger partial charge is 0.453 e. The molecule has 108 valence electrons. The first-order valence-corrected chi connectivity index (χ1v) is 8.06. The number of aromatic nitrogens is 1. The van der Waals surface area contributed by atoms with Gasteiger partial charge in [0.15, 0.2) is 0 Å². The van der Waals surface area contributed by atoms with Crippen molar-refractivity contribution >= 4 is 26.9 Å². The Morgan fingerprint density at radius 2 is 1.89 bits per heavy atom. The van der Waals surface area contributed by atoms with Gasteiger partial charge in [-0.2, -0.15) is 13.4 Å². The number of thiazole rings is 1. The van der Waals surface area contributed by atoms with Gasteiger partial charge in [-0.25, -0.2) is 4.79 Å². The van der Waals surface area contributed by atoms with E-state index in [2.05, 4.69) is 9.71 Å². The number of nitrogens with zero attached hydrogens (tertiary/aromatic N) is 1. The minimum atomic E-state index is -4.42. The number of hydrogen-bond acceptors (Lipinski definition) is 5. The SMILES string of the molecule is Cc1nc(C)[s+](NC(=O)OC(C)(C)C)c1S(=O)(=O)O. The van der Waals surface area contributed by atoms with E-state index in [-0.39, 0.29) is 9.90 Å². The lowest BCUT2D eigenvalue weighted by Crippen LogP contribution is -2.27. The van der Waals surface area contributed by atoms with E-state index in [1.165, 1.54) is 6.92 Å². The van der Waals surface area contributed by atoms with Gasteiger partial charge in [0.25, 0.3) is 5.01 Å². The summed E-state index contributed by atoms with van der Waals surface area (Å²) in [5.74, 6) is 0. The Labute approximate surface area is 114 Å². The van der Waals surface area contributed by atoms with Crippen molar-refractivity contribution in [2.45, 2.75) is 44.4 Å². The zero-order valence-corrected chi connectivity index (χ0v) is 13.0. The Morgan fingerprint density at radius 3 is 2.32 bits per heavy atom. The molecule has 0 aromatic carbocycles. The molecule has 1 rings (SSSR count). The second-order valence-electron chi connectivity index (χ2n) is 4.89. The number of carbonyl (C=O) groups is 1. The number of hydrogen-bond donors (Lipinski definition) is 2. The highest BCUT2D eigenvalue weighted by Gasteiger charge is 2.36. The summed E-state index contributed by atoms with van der Waals surface area (Å²) in [4.78, 5) is 15.6. The van der Waals surface area contributed by atoms with Crippen molar-refractivity contribution in [3.05, 3.63) is 10.7 Å². The molecule has 1 unspecified atom stereocenters. The zero-order valence-electron chi connectivity index (χ0n) is 11.3. The molecule has 0 saturated heterocycles. The first-order valence-electron chi connectivity index (χ1n) is 5.39. The molecule has 1 aromatic heterocycles. The molecule has 0 saturated carbocycles.